The van der Waals surface area contributed by atoms with Gasteiger partial charge in [0.1, 0.15) is 11.5 Å². The summed E-state index contributed by atoms with van der Waals surface area (Å²) in [6.45, 7) is 0. The molecule has 1 unspecified atom stereocenters. The van der Waals surface area contributed by atoms with Crippen LogP contribution in [-0.2, 0) is 9.84 Å². The van der Waals surface area contributed by atoms with Gasteiger partial charge < -0.3 is 20.1 Å². The minimum atomic E-state index is -2.98. The summed E-state index contributed by atoms with van der Waals surface area (Å²) in [5, 5.41) is 5.91. The molecular weight excluding hydrogens is 370 g/mol. The third-order valence-electron chi connectivity index (χ3n) is 4.26. The van der Waals surface area contributed by atoms with Gasteiger partial charge in [0, 0.05) is 24.5 Å². The van der Waals surface area contributed by atoms with Crippen LogP contribution in [0.5, 0.6) is 11.5 Å². The van der Waals surface area contributed by atoms with Gasteiger partial charge in [0.25, 0.3) is 5.91 Å². The number of benzene rings is 1. The van der Waals surface area contributed by atoms with Crippen molar-refractivity contribution in [2.24, 2.45) is 0 Å². The second kappa shape index (κ2) is 7.83. The first-order valence-electron chi connectivity index (χ1n) is 8.35. The lowest BCUT2D eigenvalue weighted by molar-refractivity contribution is 0.102. The molecule has 1 fully saturated rings. The van der Waals surface area contributed by atoms with Gasteiger partial charge in [0.2, 0.25) is 0 Å². The molecular formula is C18H21N3O5S. The third kappa shape index (κ3) is 4.68. The number of carbonyl (C=O) groups excluding carboxylic acids is 1. The molecule has 1 aromatic carbocycles. The average Bonchev–Trinajstić information content (AvgIpc) is 3.00. The molecule has 1 amide bonds. The topological polar surface area (TPSA) is 107 Å². The second-order valence-electron chi connectivity index (χ2n) is 6.23. The van der Waals surface area contributed by atoms with Crippen molar-refractivity contribution in [1.82, 2.24) is 4.98 Å². The van der Waals surface area contributed by atoms with E-state index in [9.17, 15) is 13.2 Å². The number of carbonyl (C=O) groups is 1. The van der Waals surface area contributed by atoms with Crippen molar-refractivity contribution >= 4 is 27.1 Å². The molecule has 1 saturated heterocycles. The maximum atomic E-state index is 12.6. The fraction of sp³-hybridized carbons (Fsp3) is 0.333. The molecule has 0 spiro atoms. The smallest absolute Gasteiger partial charge is 0.257 e. The van der Waals surface area contributed by atoms with Crippen molar-refractivity contribution in [2.75, 3.05) is 36.4 Å². The predicted octanol–water partition coefficient (Wildman–Crippen LogP) is 1.95. The number of aromatic nitrogens is 1. The van der Waals surface area contributed by atoms with Gasteiger partial charge in [0.15, 0.2) is 9.84 Å². The van der Waals surface area contributed by atoms with E-state index in [-0.39, 0.29) is 23.5 Å². The van der Waals surface area contributed by atoms with Crippen LogP contribution >= 0.6 is 0 Å². The van der Waals surface area contributed by atoms with Crippen LogP contribution in [-0.4, -0.2) is 51.1 Å². The van der Waals surface area contributed by atoms with Crippen LogP contribution < -0.4 is 20.1 Å². The Hall–Kier alpha value is -2.81. The zero-order valence-corrected chi connectivity index (χ0v) is 15.9. The van der Waals surface area contributed by atoms with E-state index in [1.54, 1.807) is 37.6 Å². The number of nitrogens with one attached hydrogen (secondary N) is 2. The number of nitrogens with zero attached hydrogens (tertiary/aromatic N) is 1. The van der Waals surface area contributed by atoms with Crippen LogP contribution in [0.15, 0.2) is 36.7 Å². The van der Waals surface area contributed by atoms with Gasteiger partial charge in [-0.2, -0.15) is 0 Å². The Balaban J connectivity index is 1.72. The summed E-state index contributed by atoms with van der Waals surface area (Å²) in [5.41, 5.74) is 1.45. The Labute approximate surface area is 157 Å². The van der Waals surface area contributed by atoms with E-state index in [1.807, 2.05) is 0 Å². The molecule has 144 valence electrons. The van der Waals surface area contributed by atoms with Crippen LogP contribution in [0.25, 0.3) is 0 Å². The summed E-state index contributed by atoms with van der Waals surface area (Å²) >= 11 is 0. The van der Waals surface area contributed by atoms with Crippen LogP contribution in [0.3, 0.4) is 0 Å². The highest BCUT2D eigenvalue weighted by atomic mass is 32.2. The monoisotopic (exact) mass is 391 g/mol. The van der Waals surface area contributed by atoms with E-state index < -0.39 is 9.84 Å². The van der Waals surface area contributed by atoms with Crippen LogP contribution in [0.2, 0.25) is 0 Å². The van der Waals surface area contributed by atoms with E-state index in [4.69, 9.17) is 9.47 Å². The van der Waals surface area contributed by atoms with Crippen molar-refractivity contribution < 1.29 is 22.7 Å². The van der Waals surface area contributed by atoms with E-state index in [1.165, 1.54) is 13.3 Å². The highest BCUT2D eigenvalue weighted by Crippen LogP contribution is 2.29. The Kier molecular flexibility index (Phi) is 5.50. The highest BCUT2D eigenvalue weighted by molar-refractivity contribution is 7.91. The standard InChI is InChI=1S/C18H21N3O5S/c1-25-15-3-4-16(17(8-15)26-2)21-18(22)12-7-14(10-19-9-12)20-13-5-6-27(23,24)11-13/h3-4,7-10,13,20H,5-6,11H2,1-2H3,(H,21,22). The Bertz CT molecular complexity index is 946. The molecule has 2 N–H and O–H groups in total. The highest BCUT2D eigenvalue weighted by Gasteiger charge is 2.27. The first-order valence-corrected chi connectivity index (χ1v) is 10.2. The summed E-state index contributed by atoms with van der Waals surface area (Å²) < 4.78 is 33.6. The molecule has 8 nitrogen and oxygen atoms in total. The van der Waals surface area contributed by atoms with Crippen molar-refractivity contribution in [3.8, 4) is 11.5 Å². The molecule has 1 aromatic heterocycles. The summed E-state index contributed by atoms with van der Waals surface area (Å²) in [6.07, 6.45) is 3.55. The zero-order chi connectivity index (χ0) is 19.4. The van der Waals surface area contributed by atoms with E-state index in [0.717, 1.165) is 0 Å². The summed E-state index contributed by atoms with van der Waals surface area (Å²) in [6, 6.07) is 6.55. The molecule has 27 heavy (non-hydrogen) atoms. The number of methoxy groups -OCH3 is 2. The lowest BCUT2D eigenvalue weighted by Gasteiger charge is -2.14. The van der Waals surface area contributed by atoms with E-state index in [2.05, 4.69) is 15.6 Å². The molecule has 0 radical (unpaired) electrons. The molecule has 2 heterocycles. The number of ether oxygens (including phenoxy) is 2. The normalized spacial score (nSPS) is 17.9. The average molecular weight is 391 g/mol. The van der Waals surface area contributed by atoms with Gasteiger partial charge in [-0.3, -0.25) is 9.78 Å². The molecule has 1 aliphatic rings. The maximum absolute atomic E-state index is 12.6. The Morgan fingerprint density at radius 1 is 1.19 bits per heavy atom. The quantitative estimate of drug-likeness (QED) is 0.775. The van der Waals surface area contributed by atoms with Crippen LogP contribution in [0.1, 0.15) is 16.8 Å². The van der Waals surface area contributed by atoms with E-state index >= 15 is 0 Å². The number of hydrogen-bond acceptors (Lipinski definition) is 7. The molecule has 0 bridgehead atoms. The lowest BCUT2D eigenvalue weighted by atomic mass is 10.2. The van der Waals surface area contributed by atoms with Crippen LogP contribution in [0.4, 0.5) is 11.4 Å². The predicted molar refractivity (Wildman–Crippen MR) is 102 cm³/mol. The lowest BCUT2D eigenvalue weighted by Crippen LogP contribution is -2.21. The number of anilines is 2. The zero-order valence-electron chi connectivity index (χ0n) is 15.1. The minimum absolute atomic E-state index is 0.0898. The fourth-order valence-corrected chi connectivity index (χ4v) is 4.56. The number of sulfone groups is 1. The molecule has 0 saturated carbocycles. The van der Waals surface area contributed by atoms with E-state index in [0.29, 0.717) is 34.9 Å². The Morgan fingerprint density at radius 2 is 2.00 bits per heavy atom. The molecule has 3 rings (SSSR count). The van der Waals surface area contributed by atoms with Gasteiger partial charge in [-0.15, -0.1) is 0 Å². The second-order valence-corrected chi connectivity index (χ2v) is 8.46. The molecule has 9 heteroatoms. The molecule has 2 aromatic rings. The first-order chi connectivity index (χ1) is 12.9. The molecule has 1 aliphatic heterocycles. The van der Waals surface area contributed by atoms with Gasteiger partial charge in [-0.1, -0.05) is 0 Å². The van der Waals surface area contributed by atoms with Crippen molar-refractivity contribution in [3.05, 3.63) is 42.2 Å². The summed E-state index contributed by atoms with van der Waals surface area (Å²) in [7, 11) is 0.0720. The SMILES string of the molecule is COc1ccc(NC(=O)c2cncc(NC3CCS(=O)(=O)C3)c2)c(OC)c1. The molecule has 1 atom stereocenters. The summed E-state index contributed by atoms with van der Waals surface area (Å²) in [4.78, 5) is 16.6. The first kappa shape index (κ1) is 19.0. The number of hydrogen-bond donors (Lipinski definition) is 2. The minimum Gasteiger partial charge on any atom is -0.497 e. The number of pyridine rings is 1. The van der Waals surface area contributed by atoms with Crippen molar-refractivity contribution in [2.45, 2.75) is 12.5 Å². The molecule has 0 aliphatic carbocycles. The summed E-state index contributed by atoms with van der Waals surface area (Å²) in [5.74, 6) is 1.00. The maximum Gasteiger partial charge on any atom is 0.257 e. The van der Waals surface area contributed by atoms with Gasteiger partial charge in [-0.25, -0.2) is 8.42 Å². The van der Waals surface area contributed by atoms with Gasteiger partial charge >= 0.3 is 0 Å². The Morgan fingerprint density at radius 3 is 2.67 bits per heavy atom. The van der Waals surface area contributed by atoms with Crippen molar-refractivity contribution in [3.63, 3.8) is 0 Å². The van der Waals surface area contributed by atoms with Gasteiger partial charge in [0.05, 0.1) is 42.7 Å². The largest absolute Gasteiger partial charge is 0.497 e. The van der Waals surface area contributed by atoms with Gasteiger partial charge in [-0.05, 0) is 24.6 Å². The number of amides is 1. The van der Waals surface area contributed by atoms with Crippen LogP contribution in [0, 0.1) is 0 Å². The van der Waals surface area contributed by atoms with Crippen molar-refractivity contribution in [1.29, 1.82) is 0 Å². The number of rotatable bonds is 6. The third-order valence-corrected chi connectivity index (χ3v) is 6.03. The fourth-order valence-electron chi connectivity index (χ4n) is 2.88.